The molecule has 2 aromatic rings. The highest BCUT2D eigenvalue weighted by Crippen LogP contribution is 2.33. The number of aliphatic carboxylic acids is 1. The van der Waals surface area contributed by atoms with E-state index in [-0.39, 0.29) is 10.6 Å². The zero-order valence-corrected chi connectivity index (χ0v) is 16.6. The zero-order valence-electron chi connectivity index (χ0n) is 14.3. The number of rotatable bonds is 5. The fraction of sp³-hybridized carbons (Fsp3) is 0.250. The Morgan fingerprint density at radius 2 is 2.11 bits per heavy atom. The van der Waals surface area contributed by atoms with Crippen LogP contribution >= 0.6 is 35.0 Å². The highest BCUT2D eigenvalue weighted by Gasteiger charge is 2.35. The second-order valence-electron chi connectivity index (χ2n) is 5.98. The number of carbonyl (C=O) groups is 2. The van der Waals surface area contributed by atoms with Gasteiger partial charge < -0.3 is 15.7 Å². The van der Waals surface area contributed by atoms with Gasteiger partial charge in [-0.1, -0.05) is 46.2 Å². The molecule has 0 saturated carbocycles. The van der Waals surface area contributed by atoms with Crippen molar-refractivity contribution in [2.75, 3.05) is 0 Å². The summed E-state index contributed by atoms with van der Waals surface area (Å²) in [7, 11) is 0. The Kier molecular flexibility index (Phi) is 5.36. The fourth-order valence-electron chi connectivity index (χ4n) is 2.46. The van der Waals surface area contributed by atoms with Crippen molar-refractivity contribution in [2.45, 2.75) is 25.4 Å². The third kappa shape index (κ3) is 4.20. The van der Waals surface area contributed by atoms with E-state index in [4.69, 9.17) is 28.3 Å². The summed E-state index contributed by atoms with van der Waals surface area (Å²) in [6.07, 6.45) is 1.35. The van der Waals surface area contributed by atoms with Crippen LogP contribution in [0, 0.1) is 6.92 Å². The van der Waals surface area contributed by atoms with Crippen molar-refractivity contribution < 1.29 is 14.7 Å². The molecule has 1 unspecified atom stereocenters. The maximum Gasteiger partial charge on any atom is 0.343 e. The smallest absolute Gasteiger partial charge is 0.343 e. The quantitative estimate of drug-likeness (QED) is 0.672. The largest absolute Gasteiger partial charge is 0.477 e. The summed E-state index contributed by atoms with van der Waals surface area (Å²) in [5, 5.41) is 23.5. The van der Waals surface area contributed by atoms with Crippen LogP contribution in [0.5, 0.6) is 0 Å². The van der Waals surface area contributed by atoms with Crippen LogP contribution in [0.3, 0.4) is 0 Å². The Balaban J connectivity index is 1.72. The molecule has 8 nitrogen and oxygen atoms in total. The van der Waals surface area contributed by atoms with Gasteiger partial charge in [0.1, 0.15) is 4.91 Å². The molecule has 142 valence electrons. The third-order valence-electron chi connectivity index (χ3n) is 3.87. The molecule has 1 aromatic carbocycles. The average molecular weight is 428 g/mol. The van der Waals surface area contributed by atoms with E-state index in [1.165, 1.54) is 6.20 Å². The first-order valence-electron chi connectivity index (χ1n) is 7.75. The Labute approximate surface area is 168 Å². The van der Waals surface area contributed by atoms with Gasteiger partial charge in [0.25, 0.3) is 5.91 Å². The molecule has 1 aliphatic heterocycles. The molecule has 0 spiro atoms. The monoisotopic (exact) mass is 427 g/mol. The Hall–Kier alpha value is -2.23. The topological polar surface area (TPSA) is 109 Å². The number of nitrogens with zero attached hydrogens (tertiary/aromatic N) is 3. The summed E-state index contributed by atoms with van der Waals surface area (Å²) in [6.45, 7) is 3.76. The standard InChI is InChI=1S/C16H15Cl2N5O3S/c1-8-13(14(24)20-16(2)19-6-12(27-16)15(25)26)21-22-23(8)7-9-3-4-10(17)11(18)5-9/h3-6,19H,7H2,1-2H3,(H,20,24)(H,25,26). The van der Waals surface area contributed by atoms with Crippen LogP contribution in [0.1, 0.15) is 28.7 Å². The summed E-state index contributed by atoms with van der Waals surface area (Å²) < 4.78 is 1.58. The molecule has 1 amide bonds. The first-order valence-corrected chi connectivity index (χ1v) is 9.32. The molecule has 0 saturated heterocycles. The lowest BCUT2D eigenvalue weighted by atomic mass is 10.2. The number of amides is 1. The van der Waals surface area contributed by atoms with E-state index >= 15 is 0 Å². The fourth-order valence-corrected chi connectivity index (χ4v) is 3.68. The number of benzene rings is 1. The Morgan fingerprint density at radius 1 is 1.37 bits per heavy atom. The molecule has 1 aromatic heterocycles. The SMILES string of the molecule is Cc1c(C(=O)NC2(C)NC=C(C(=O)O)S2)nnn1Cc1ccc(Cl)c(Cl)c1. The van der Waals surface area contributed by atoms with Gasteiger partial charge in [0.15, 0.2) is 10.7 Å². The van der Waals surface area contributed by atoms with Gasteiger partial charge >= 0.3 is 5.97 Å². The molecule has 27 heavy (non-hydrogen) atoms. The molecule has 0 radical (unpaired) electrons. The number of carboxylic acid groups (broad SMARTS) is 1. The minimum Gasteiger partial charge on any atom is -0.477 e. The van der Waals surface area contributed by atoms with Crippen molar-refractivity contribution in [3.8, 4) is 0 Å². The van der Waals surface area contributed by atoms with Gasteiger partial charge in [0.05, 0.1) is 22.3 Å². The number of hydrogen-bond donors (Lipinski definition) is 3. The summed E-state index contributed by atoms with van der Waals surface area (Å²) in [4.78, 5) is 22.7. The molecular weight excluding hydrogens is 413 g/mol. The first kappa shape index (κ1) is 19.5. The predicted molar refractivity (Wildman–Crippen MR) is 103 cm³/mol. The summed E-state index contributed by atoms with van der Waals surface area (Å²) in [5.41, 5.74) is 1.58. The van der Waals surface area contributed by atoms with Crippen molar-refractivity contribution in [1.29, 1.82) is 0 Å². The normalized spacial score (nSPS) is 18.7. The summed E-state index contributed by atoms with van der Waals surface area (Å²) in [6, 6.07) is 5.23. The molecular formula is C16H15Cl2N5O3S. The molecule has 1 aliphatic rings. The molecule has 2 heterocycles. The van der Waals surface area contributed by atoms with Crippen molar-refractivity contribution in [3.05, 3.63) is 56.3 Å². The molecule has 0 aliphatic carbocycles. The van der Waals surface area contributed by atoms with Crippen LogP contribution in [0.4, 0.5) is 0 Å². The highest BCUT2D eigenvalue weighted by molar-refractivity contribution is 8.05. The lowest BCUT2D eigenvalue weighted by molar-refractivity contribution is -0.131. The van der Waals surface area contributed by atoms with E-state index in [1.807, 2.05) is 6.07 Å². The Morgan fingerprint density at radius 3 is 2.74 bits per heavy atom. The Bertz CT molecular complexity index is 962. The maximum atomic E-state index is 12.6. The summed E-state index contributed by atoms with van der Waals surface area (Å²) >= 11 is 12.9. The van der Waals surface area contributed by atoms with E-state index < -0.39 is 16.9 Å². The van der Waals surface area contributed by atoms with Crippen molar-refractivity contribution in [1.82, 2.24) is 25.6 Å². The van der Waals surface area contributed by atoms with E-state index in [0.717, 1.165) is 17.3 Å². The van der Waals surface area contributed by atoms with Crippen molar-refractivity contribution in [3.63, 3.8) is 0 Å². The van der Waals surface area contributed by atoms with Crippen LogP contribution in [-0.2, 0) is 11.3 Å². The summed E-state index contributed by atoms with van der Waals surface area (Å²) in [5.74, 6) is -1.52. The average Bonchev–Trinajstić information content (AvgIpc) is 3.15. The number of halogens is 2. The lowest BCUT2D eigenvalue weighted by Gasteiger charge is -2.25. The minimum absolute atomic E-state index is 0.109. The second kappa shape index (κ2) is 7.41. The molecule has 3 N–H and O–H groups in total. The maximum absolute atomic E-state index is 12.6. The van der Waals surface area contributed by atoms with Gasteiger partial charge in [0.2, 0.25) is 0 Å². The number of thioether (sulfide) groups is 1. The molecule has 0 fully saturated rings. The number of nitrogens with one attached hydrogen (secondary N) is 2. The highest BCUT2D eigenvalue weighted by atomic mass is 35.5. The third-order valence-corrected chi connectivity index (χ3v) is 5.75. The van der Waals surface area contributed by atoms with E-state index in [0.29, 0.717) is 22.3 Å². The van der Waals surface area contributed by atoms with Crippen LogP contribution < -0.4 is 10.6 Å². The second-order valence-corrected chi connectivity index (χ2v) is 8.25. The molecule has 1 atom stereocenters. The lowest BCUT2D eigenvalue weighted by Crippen LogP contribution is -2.50. The number of carbonyl (C=O) groups excluding carboxylic acids is 1. The zero-order chi connectivity index (χ0) is 19.8. The van der Waals surface area contributed by atoms with Crippen LogP contribution in [-0.4, -0.2) is 37.0 Å². The van der Waals surface area contributed by atoms with Crippen molar-refractivity contribution in [2.24, 2.45) is 0 Å². The van der Waals surface area contributed by atoms with Gasteiger partial charge in [0, 0.05) is 6.20 Å². The van der Waals surface area contributed by atoms with E-state index in [1.54, 1.807) is 30.7 Å². The van der Waals surface area contributed by atoms with Gasteiger partial charge in [-0.25, -0.2) is 9.48 Å². The number of carboxylic acids is 1. The van der Waals surface area contributed by atoms with Gasteiger partial charge in [-0.05, 0) is 31.5 Å². The molecule has 3 rings (SSSR count). The predicted octanol–water partition coefficient (Wildman–Crippen LogP) is 2.61. The first-order chi connectivity index (χ1) is 12.7. The number of aromatic nitrogens is 3. The van der Waals surface area contributed by atoms with Gasteiger partial charge in [-0.15, -0.1) is 5.10 Å². The van der Waals surface area contributed by atoms with E-state index in [2.05, 4.69) is 20.9 Å². The molecule has 0 bridgehead atoms. The minimum atomic E-state index is -1.06. The molecule has 11 heteroatoms. The van der Waals surface area contributed by atoms with Crippen molar-refractivity contribution >= 4 is 46.8 Å². The van der Waals surface area contributed by atoms with E-state index in [9.17, 15) is 9.59 Å². The number of hydrogen-bond acceptors (Lipinski definition) is 6. The van der Waals surface area contributed by atoms with Crippen LogP contribution in [0.2, 0.25) is 10.0 Å². The van der Waals surface area contributed by atoms with Gasteiger partial charge in [-0.2, -0.15) is 0 Å². The van der Waals surface area contributed by atoms with Gasteiger partial charge in [-0.3, -0.25) is 4.79 Å². The van der Waals surface area contributed by atoms with Crippen LogP contribution in [0.15, 0.2) is 29.3 Å². The van der Waals surface area contributed by atoms with Crippen LogP contribution in [0.25, 0.3) is 0 Å².